The Morgan fingerprint density at radius 2 is 1.90 bits per heavy atom. The molecule has 0 saturated heterocycles. The van der Waals surface area contributed by atoms with E-state index in [0.29, 0.717) is 17.5 Å². The third-order valence-corrected chi connectivity index (χ3v) is 3.51. The van der Waals surface area contributed by atoms with Gasteiger partial charge in [-0.1, -0.05) is 0 Å². The van der Waals surface area contributed by atoms with Crippen molar-refractivity contribution in [1.82, 2.24) is 15.1 Å². The summed E-state index contributed by atoms with van der Waals surface area (Å²) < 4.78 is 29.1. The quantitative estimate of drug-likeness (QED) is 0.932. The van der Waals surface area contributed by atoms with Gasteiger partial charge in [0.15, 0.2) is 0 Å². The Kier molecular flexibility index (Phi) is 4.18. The van der Waals surface area contributed by atoms with Gasteiger partial charge in [-0.3, -0.25) is 4.68 Å². The molecule has 0 amide bonds. The molecule has 0 bridgehead atoms. The smallest absolute Gasteiger partial charge is 0.130 e. The van der Waals surface area contributed by atoms with Gasteiger partial charge >= 0.3 is 0 Å². The first-order valence-electron chi connectivity index (χ1n) is 6.54. The summed E-state index contributed by atoms with van der Waals surface area (Å²) in [5.41, 5.74) is 2.85. The van der Waals surface area contributed by atoms with Crippen LogP contribution in [0.4, 0.5) is 8.78 Å². The Hall–Kier alpha value is -1.75. The second kappa shape index (κ2) is 5.71. The average Bonchev–Trinajstić information content (AvgIpc) is 2.69. The predicted molar refractivity (Wildman–Crippen MR) is 74.5 cm³/mol. The van der Waals surface area contributed by atoms with Crippen LogP contribution in [0.25, 0.3) is 0 Å². The summed E-state index contributed by atoms with van der Waals surface area (Å²) in [6, 6.07) is 4.26. The summed E-state index contributed by atoms with van der Waals surface area (Å²) in [5.74, 6) is -1.04. The molecule has 0 radical (unpaired) electrons. The minimum Gasteiger partial charge on any atom is -0.313 e. The van der Waals surface area contributed by atoms with Gasteiger partial charge in [-0.25, -0.2) is 8.78 Å². The molecule has 1 atom stereocenters. The molecule has 0 aliphatic carbocycles. The van der Waals surface area contributed by atoms with Gasteiger partial charge in [0, 0.05) is 36.8 Å². The molecule has 3 nitrogen and oxygen atoms in total. The lowest BCUT2D eigenvalue weighted by Gasteiger charge is -2.18. The van der Waals surface area contributed by atoms with E-state index >= 15 is 0 Å². The normalized spacial score (nSPS) is 12.7. The number of benzene rings is 1. The van der Waals surface area contributed by atoms with Gasteiger partial charge in [-0.2, -0.15) is 5.10 Å². The number of hydrogen-bond donors (Lipinski definition) is 1. The zero-order chi connectivity index (χ0) is 14.9. The molecule has 0 aliphatic heterocycles. The van der Waals surface area contributed by atoms with E-state index in [1.54, 1.807) is 24.7 Å². The number of aryl methyl sites for hydroxylation is 3. The number of rotatable bonds is 4. The Morgan fingerprint density at radius 1 is 1.20 bits per heavy atom. The molecular formula is C15H19F2N3. The van der Waals surface area contributed by atoms with Crippen molar-refractivity contribution in [2.45, 2.75) is 26.3 Å². The number of nitrogens with zero attached hydrogens (tertiary/aromatic N) is 2. The van der Waals surface area contributed by atoms with Crippen LogP contribution in [0.1, 0.15) is 28.6 Å². The molecule has 2 rings (SSSR count). The van der Waals surface area contributed by atoms with E-state index in [0.717, 1.165) is 17.5 Å². The minimum atomic E-state index is -0.522. The van der Waals surface area contributed by atoms with Gasteiger partial charge in [0.25, 0.3) is 0 Å². The Labute approximate surface area is 117 Å². The highest BCUT2D eigenvalue weighted by molar-refractivity contribution is 5.29. The summed E-state index contributed by atoms with van der Waals surface area (Å²) in [4.78, 5) is 0. The van der Waals surface area contributed by atoms with Crippen LogP contribution in [-0.4, -0.2) is 16.8 Å². The Balaban J connectivity index is 2.33. The first-order valence-corrected chi connectivity index (χ1v) is 6.54. The van der Waals surface area contributed by atoms with E-state index in [-0.39, 0.29) is 6.04 Å². The number of nitrogens with one attached hydrogen (secondary N) is 1. The van der Waals surface area contributed by atoms with E-state index in [4.69, 9.17) is 0 Å². The molecule has 1 heterocycles. The van der Waals surface area contributed by atoms with E-state index < -0.39 is 11.6 Å². The van der Waals surface area contributed by atoms with Crippen LogP contribution in [0.5, 0.6) is 0 Å². The van der Waals surface area contributed by atoms with Crippen molar-refractivity contribution in [3.05, 3.63) is 52.3 Å². The standard InChI is InChI=1S/C15H19F2N3/c1-9-5-12(14(17)8-13(9)16)15(18-3)7-11-6-10(2)19-20(11)4/h5-6,8,15,18H,7H2,1-4H3. The van der Waals surface area contributed by atoms with Gasteiger partial charge in [0.1, 0.15) is 11.6 Å². The van der Waals surface area contributed by atoms with E-state index in [2.05, 4.69) is 10.4 Å². The topological polar surface area (TPSA) is 29.9 Å². The molecule has 1 N–H and O–H groups in total. The lowest BCUT2D eigenvalue weighted by Crippen LogP contribution is -2.21. The fourth-order valence-corrected chi connectivity index (χ4v) is 2.38. The zero-order valence-corrected chi connectivity index (χ0v) is 12.2. The van der Waals surface area contributed by atoms with Crippen molar-refractivity contribution >= 4 is 0 Å². The van der Waals surface area contributed by atoms with Crippen molar-refractivity contribution in [2.24, 2.45) is 7.05 Å². The zero-order valence-electron chi connectivity index (χ0n) is 12.2. The summed E-state index contributed by atoms with van der Waals surface area (Å²) in [6.45, 7) is 3.56. The fraction of sp³-hybridized carbons (Fsp3) is 0.400. The first kappa shape index (κ1) is 14.7. The lowest BCUT2D eigenvalue weighted by atomic mass is 9.99. The van der Waals surface area contributed by atoms with Gasteiger partial charge in [-0.15, -0.1) is 0 Å². The van der Waals surface area contributed by atoms with Crippen LogP contribution in [0.3, 0.4) is 0 Å². The van der Waals surface area contributed by atoms with Crippen molar-refractivity contribution < 1.29 is 8.78 Å². The highest BCUT2D eigenvalue weighted by Gasteiger charge is 2.18. The van der Waals surface area contributed by atoms with Crippen LogP contribution in [-0.2, 0) is 13.5 Å². The monoisotopic (exact) mass is 279 g/mol. The number of likely N-dealkylation sites (N-methyl/N-ethyl adjacent to an activating group) is 1. The van der Waals surface area contributed by atoms with E-state index in [1.807, 2.05) is 20.0 Å². The Morgan fingerprint density at radius 3 is 2.45 bits per heavy atom. The molecular weight excluding hydrogens is 260 g/mol. The molecule has 108 valence electrons. The van der Waals surface area contributed by atoms with Gasteiger partial charge < -0.3 is 5.32 Å². The molecule has 2 aromatic rings. The average molecular weight is 279 g/mol. The SMILES string of the molecule is CNC(Cc1cc(C)nn1C)c1cc(C)c(F)cc1F. The summed E-state index contributed by atoms with van der Waals surface area (Å²) in [5, 5.41) is 7.37. The van der Waals surface area contributed by atoms with Gasteiger partial charge in [-0.05, 0) is 38.6 Å². The highest BCUT2D eigenvalue weighted by atomic mass is 19.1. The van der Waals surface area contributed by atoms with Crippen molar-refractivity contribution in [3.63, 3.8) is 0 Å². The molecule has 1 aromatic heterocycles. The largest absolute Gasteiger partial charge is 0.313 e. The first-order chi connectivity index (χ1) is 9.42. The minimum absolute atomic E-state index is 0.218. The Bertz CT molecular complexity index is 620. The maximum absolute atomic E-state index is 14.0. The summed E-state index contributed by atoms with van der Waals surface area (Å²) in [6.07, 6.45) is 0.593. The van der Waals surface area contributed by atoms with Gasteiger partial charge in [0.05, 0.1) is 5.69 Å². The van der Waals surface area contributed by atoms with Gasteiger partial charge in [0.2, 0.25) is 0 Å². The number of aromatic nitrogens is 2. The molecule has 0 fully saturated rings. The maximum Gasteiger partial charge on any atom is 0.130 e. The van der Waals surface area contributed by atoms with Crippen LogP contribution < -0.4 is 5.32 Å². The highest BCUT2D eigenvalue weighted by Crippen LogP contribution is 2.24. The predicted octanol–water partition coefficient (Wildman–Crippen LogP) is 2.82. The second-order valence-corrected chi connectivity index (χ2v) is 5.07. The molecule has 0 spiro atoms. The van der Waals surface area contributed by atoms with E-state index in [1.165, 1.54) is 0 Å². The molecule has 5 heteroatoms. The van der Waals surface area contributed by atoms with Crippen molar-refractivity contribution in [2.75, 3.05) is 7.05 Å². The third-order valence-electron chi connectivity index (χ3n) is 3.51. The van der Waals surface area contributed by atoms with Crippen LogP contribution >= 0.6 is 0 Å². The number of halogens is 2. The molecule has 0 saturated carbocycles. The molecule has 1 aromatic carbocycles. The molecule has 1 unspecified atom stereocenters. The maximum atomic E-state index is 14.0. The molecule has 20 heavy (non-hydrogen) atoms. The van der Waals surface area contributed by atoms with E-state index in [9.17, 15) is 8.78 Å². The van der Waals surface area contributed by atoms with Crippen molar-refractivity contribution in [3.8, 4) is 0 Å². The fourth-order valence-electron chi connectivity index (χ4n) is 2.38. The van der Waals surface area contributed by atoms with Crippen LogP contribution in [0.15, 0.2) is 18.2 Å². The molecule has 0 aliphatic rings. The van der Waals surface area contributed by atoms with Crippen molar-refractivity contribution in [1.29, 1.82) is 0 Å². The van der Waals surface area contributed by atoms with Crippen LogP contribution in [0, 0.1) is 25.5 Å². The second-order valence-electron chi connectivity index (χ2n) is 5.07. The summed E-state index contributed by atoms with van der Waals surface area (Å²) >= 11 is 0. The summed E-state index contributed by atoms with van der Waals surface area (Å²) in [7, 11) is 3.63. The lowest BCUT2D eigenvalue weighted by molar-refractivity contribution is 0.508. The number of hydrogen-bond acceptors (Lipinski definition) is 2. The van der Waals surface area contributed by atoms with Crippen LogP contribution in [0.2, 0.25) is 0 Å². The third kappa shape index (κ3) is 2.88.